The van der Waals surface area contributed by atoms with E-state index in [1.807, 2.05) is 33.7 Å². The number of likely N-dealkylation sites (tertiary alicyclic amines) is 1. The van der Waals surface area contributed by atoms with Gasteiger partial charge in [0.25, 0.3) is 0 Å². The van der Waals surface area contributed by atoms with Crippen molar-refractivity contribution in [3.05, 3.63) is 24.3 Å². The van der Waals surface area contributed by atoms with E-state index < -0.39 is 0 Å². The Bertz CT molecular complexity index is 838. The third kappa shape index (κ3) is 4.46. The van der Waals surface area contributed by atoms with Crippen LogP contribution in [0.15, 0.2) is 29.4 Å². The van der Waals surface area contributed by atoms with E-state index in [-0.39, 0.29) is 18.4 Å². The molecule has 0 unspecified atom stereocenters. The molecule has 1 aromatic heterocycles. The van der Waals surface area contributed by atoms with Gasteiger partial charge in [0.05, 0.1) is 16.8 Å². The van der Waals surface area contributed by atoms with Crippen LogP contribution in [0.3, 0.4) is 0 Å². The largest absolute Gasteiger partial charge is 0.353 e. The van der Waals surface area contributed by atoms with Gasteiger partial charge in [-0.25, -0.2) is 4.98 Å². The highest BCUT2D eigenvalue weighted by molar-refractivity contribution is 7.99. The Hall–Kier alpha value is -2.02. The zero-order valence-electron chi connectivity index (χ0n) is 15.7. The van der Waals surface area contributed by atoms with Crippen LogP contribution < -0.4 is 5.32 Å². The summed E-state index contributed by atoms with van der Waals surface area (Å²) in [6.45, 7) is 4.19. The Kier molecular flexibility index (Phi) is 5.38. The fraction of sp³-hybridized carbons (Fsp3) is 0.550. The van der Waals surface area contributed by atoms with Gasteiger partial charge in [0.15, 0.2) is 5.16 Å². The number of thioether (sulfide) groups is 1. The summed E-state index contributed by atoms with van der Waals surface area (Å²) in [5.74, 6) is 1.20. The first kappa shape index (κ1) is 18.3. The van der Waals surface area contributed by atoms with Gasteiger partial charge in [-0.15, -0.1) is 0 Å². The molecule has 6 nitrogen and oxygen atoms in total. The average molecular weight is 387 g/mol. The van der Waals surface area contributed by atoms with Gasteiger partial charge in [-0.1, -0.05) is 30.8 Å². The van der Waals surface area contributed by atoms with Gasteiger partial charge in [0, 0.05) is 19.1 Å². The molecular formula is C20H26N4O2S. The molecule has 1 aliphatic heterocycles. The predicted molar refractivity (Wildman–Crippen MR) is 107 cm³/mol. The highest BCUT2D eigenvalue weighted by Crippen LogP contribution is 2.25. The van der Waals surface area contributed by atoms with E-state index in [1.54, 1.807) is 0 Å². The third-order valence-corrected chi connectivity index (χ3v) is 6.30. The molecule has 144 valence electrons. The number of benzene rings is 1. The van der Waals surface area contributed by atoms with Gasteiger partial charge in [-0.2, -0.15) is 0 Å². The molecule has 1 aliphatic carbocycles. The van der Waals surface area contributed by atoms with Crippen molar-refractivity contribution in [3.8, 4) is 0 Å². The number of carbonyl (C=O) groups excluding carboxylic acids is 2. The second-order valence-corrected chi connectivity index (χ2v) is 8.61. The number of rotatable bonds is 6. The Morgan fingerprint density at radius 2 is 1.93 bits per heavy atom. The number of fused-ring (bicyclic) bond motifs is 1. The number of hydrogen-bond acceptors (Lipinski definition) is 4. The number of nitrogens with one attached hydrogen (secondary N) is 1. The Balaban J connectivity index is 1.49. The number of aromatic nitrogens is 2. The number of nitrogens with zero attached hydrogens (tertiary/aromatic N) is 3. The zero-order chi connectivity index (χ0) is 18.8. The van der Waals surface area contributed by atoms with Gasteiger partial charge in [-0.05, 0) is 43.7 Å². The summed E-state index contributed by atoms with van der Waals surface area (Å²) in [6.07, 6.45) is 4.30. The standard InChI is InChI=1S/C20H26N4O2S/c1-14-8-10-23(11-9-14)19(26)12-24-17-5-3-2-4-16(17)22-20(24)27-13-18(25)21-15-6-7-15/h2-5,14-15H,6-13H2,1H3,(H,21,25). The smallest absolute Gasteiger partial charge is 0.242 e. The van der Waals surface area contributed by atoms with Crippen LogP contribution in [0, 0.1) is 5.92 Å². The molecule has 7 heteroatoms. The molecule has 0 bridgehead atoms. The number of amides is 2. The molecule has 2 amide bonds. The topological polar surface area (TPSA) is 67.2 Å². The lowest BCUT2D eigenvalue weighted by atomic mass is 9.99. The summed E-state index contributed by atoms with van der Waals surface area (Å²) in [4.78, 5) is 31.5. The lowest BCUT2D eigenvalue weighted by molar-refractivity contribution is -0.133. The van der Waals surface area contributed by atoms with Crippen LogP contribution in [0.25, 0.3) is 11.0 Å². The van der Waals surface area contributed by atoms with E-state index >= 15 is 0 Å². The van der Waals surface area contributed by atoms with Crippen LogP contribution in [-0.4, -0.2) is 51.1 Å². The maximum absolute atomic E-state index is 12.8. The number of hydrogen-bond donors (Lipinski definition) is 1. The number of para-hydroxylation sites is 2. The molecule has 1 aromatic carbocycles. The van der Waals surface area contributed by atoms with Gasteiger partial charge in [-0.3, -0.25) is 9.59 Å². The highest BCUT2D eigenvalue weighted by atomic mass is 32.2. The Labute approximate surface area is 163 Å². The molecule has 0 spiro atoms. The van der Waals surface area contributed by atoms with Crippen LogP contribution in [0.1, 0.15) is 32.6 Å². The van der Waals surface area contributed by atoms with Crippen molar-refractivity contribution in [1.29, 1.82) is 0 Å². The van der Waals surface area contributed by atoms with Crippen molar-refractivity contribution >= 4 is 34.6 Å². The monoisotopic (exact) mass is 386 g/mol. The quantitative estimate of drug-likeness (QED) is 0.775. The van der Waals surface area contributed by atoms with Crippen LogP contribution >= 0.6 is 11.8 Å². The van der Waals surface area contributed by atoms with E-state index in [9.17, 15) is 9.59 Å². The van der Waals surface area contributed by atoms with Crippen molar-refractivity contribution in [2.75, 3.05) is 18.8 Å². The molecule has 1 saturated carbocycles. The Morgan fingerprint density at radius 3 is 2.67 bits per heavy atom. The van der Waals surface area contributed by atoms with E-state index in [1.165, 1.54) is 11.8 Å². The van der Waals surface area contributed by atoms with E-state index in [0.717, 1.165) is 55.0 Å². The minimum atomic E-state index is 0.0393. The lowest BCUT2D eigenvalue weighted by Gasteiger charge is -2.30. The molecule has 1 saturated heterocycles. The summed E-state index contributed by atoms with van der Waals surface area (Å²) in [5, 5.41) is 3.74. The van der Waals surface area contributed by atoms with Crippen molar-refractivity contribution in [2.45, 2.75) is 50.4 Å². The normalized spacial score (nSPS) is 18.0. The fourth-order valence-electron chi connectivity index (χ4n) is 3.44. The van der Waals surface area contributed by atoms with Crippen molar-refractivity contribution in [2.24, 2.45) is 5.92 Å². The first-order valence-corrected chi connectivity index (χ1v) is 10.7. The first-order valence-electron chi connectivity index (χ1n) is 9.75. The van der Waals surface area contributed by atoms with Crippen LogP contribution in [-0.2, 0) is 16.1 Å². The Morgan fingerprint density at radius 1 is 1.19 bits per heavy atom. The highest BCUT2D eigenvalue weighted by Gasteiger charge is 2.25. The third-order valence-electron chi connectivity index (χ3n) is 5.32. The van der Waals surface area contributed by atoms with Crippen molar-refractivity contribution in [3.63, 3.8) is 0 Å². The first-order chi connectivity index (χ1) is 13.1. The van der Waals surface area contributed by atoms with Crippen LogP contribution in [0.4, 0.5) is 0 Å². The maximum Gasteiger partial charge on any atom is 0.242 e. The number of piperidine rings is 1. The summed E-state index contributed by atoms with van der Waals surface area (Å²) in [7, 11) is 0. The summed E-state index contributed by atoms with van der Waals surface area (Å²) >= 11 is 1.41. The minimum Gasteiger partial charge on any atom is -0.353 e. The van der Waals surface area contributed by atoms with E-state index in [0.29, 0.717) is 17.7 Å². The van der Waals surface area contributed by atoms with Gasteiger partial charge in [0.2, 0.25) is 11.8 Å². The molecular weight excluding hydrogens is 360 g/mol. The number of carbonyl (C=O) groups is 2. The molecule has 0 radical (unpaired) electrons. The summed E-state index contributed by atoms with van der Waals surface area (Å²) < 4.78 is 1.96. The second-order valence-electron chi connectivity index (χ2n) is 7.66. The van der Waals surface area contributed by atoms with Crippen LogP contribution in [0.5, 0.6) is 0 Å². The van der Waals surface area contributed by atoms with E-state index in [4.69, 9.17) is 0 Å². The number of imidazole rings is 1. The predicted octanol–water partition coefficient (Wildman–Crippen LogP) is 2.67. The maximum atomic E-state index is 12.8. The molecule has 0 atom stereocenters. The fourth-order valence-corrected chi connectivity index (χ4v) is 4.26. The van der Waals surface area contributed by atoms with Crippen molar-refractivity contribution in [1.82, 2.24) is 19.8 Å². The van der Waals surface area contributed by atoms with Gasteiger partial charge in [0.1, 0.15) is 6.54 Å². The van der Waals surface area contributed by atoms with Gasteiger partial charge >= 0.3 is 0 Å². The van der Waals surface area contributed by atoms with Crippen molar-refractivity contribution < 1.29 is 9.59 Å². The van der Waals surface area contributed by atoms with Crippen LogP contribution in [0.2, 0.25) is 0 Å². The molecule has 4 rings (SSSR count). The minimum absolute atomic E-state index is 0.0393. The SMILES string of the molecule is CC1CCN(C(=O)Cn2c(SCC(=O)NC3CC3)nc3ccccc32)CC1. The summed E-state index contributed by atoms with van der Waals surface area (Å²) in [5.41, 5.74) is 1.81. The average Bonchev–Trinajstić information content (AvgIpc) is 3.41. The molecule has 27 heavy (non-hydrogen) atoms. The van der Waals surface area contributed by atoms with E-state index in [2.05, 4.69) is 17.2 Å². The molecule has 1 N–H and O–H groups in total. The molecule has 2 fully saturated rings. The van der Waals surface area contributed by atoms with Gasteiger partial charge < -0.3 is 14.8 Å². The molecule has 2 aliphatic rings. The zero-order valence-corrected chi connectivity index (χ0v) is 16.5. The summed E-state index contributed by atoms with van der Waals surface area (Å²) in [6, 6.07) is 8.21. The molecule has 2 aromatic rings. The molecule has 2 heterocycles. The second kappa shape index (κ2) is 7.92. The lowest BCUT2D eigenvalue weighted by Crippen LogP contribution is -2.39.